The van der Waals surface area contributed by atoms with E-state index in [9.17, 15) is 4.79 Å². The minimum atomic E-state index is 0.0349. The van der Waals surface area contributed by atoms with Gasteiger partial charge >= 0.3 is 0 Å². The molecule has 5 nitrogen and oxygen atoms in total. The number of ketones is 1. The highest BCUT2D eigenvalue weighted by Gasteiger charge is 2.05. The summed E-state index contributed by atoms with van der Waals surface area (Å²) in [6, 6.07) is 10.8. The number of carbonyl (C=O) groups is 1. The molecule has 1 aromatic heterocycles. The van der Waals surface area contributed by atoms with Gasteiger partial charge in [0.2, 0.25) is 0 Å². The first-order chi connectivity index (χ1) is 9.56. The zero-order valence-electron chi connectivity index (χ0n) is 10.8. The smallest absolute Gasteiger partial charge is 0.184 e. The quantitative estimate of drug-likeness (QED) is 0.390. The third kappa shape index (κ3) is 3.52. The lowest BCUT2D eigenvalue weighted by Crippen LogP contribution is -2.23. The van der Waals surface area contributed by atoms with Crippen LogP contribution in [0, 0.1) is 0 Å². The van der Waals surface area contributed by atoms with Gasteiger partial charge in [0.1, 0.15) is 11.5 Å². The summed E-state index contributed by atoms with van der Waals surface area (Å²) in [6.07, 6.45) is 1.48. The first-order valence-electron chi connectivity index (χ1n) is 5.86. The van der Waals surface area contributed by atoms with Crippen LogP contribution in [0.25, 0.3) is 11.3 Å². The Morgan fingerprint density at radius 3 is 2.60 bits per heavy atom. The Hall–Kier alpha value is -2.47. The molecule has 1 heterocycles. The van der Waals surface area contributed by atoms with Crippen LogP contribution >= 0.6 is 12.2 Å². The van der Waals surface area contributed by atoms with Crippen LogP contribution in [0.2, 0.25) is 0 Å². The second kappa shape index (κ2) is 6.12. The first kappa shape index (κ1) is 14.0. The molecule has 0 unspecified atom stereocenters. The largest absolute Gasteiger partial charge is 0.455 e. The van der Waals surface area contributed by atoms with Gasteiger partial charge in [0.15, 0.2) is 10.9 Å². The van der Waals surface area contributed by atoms with E-state index in [0.717, 1.165) is 5.56 Å². The standard InChI is InChI=1S/C14H13N3O2S/c1-9(18)10-2-4-11(5-3-10)13-7-6-12(19-13)8-16-17-14(15)20/h2-8H,1H3,(H3,15,17,20). The minimum absolute atomic E-state index is 0.0349. The van der Waals surface area contributed by atoms with Crippen molar-refractivity contribution in [2.45, 2.75) is 6.92 Å². The second-order valence-corrected chi connectivity index (χ2v) is 4.51. The van der Waals surface area contributed by atoms with E-state index < -0.39 is 0 Å². The van der Waals surface area contributed by atoms with Gasteiger partial charge < -0.3 is 10.2 Å². The fraction of sp³-hybridized carbons (Fsp3) is 0.0714. The zero-order chi connectivity index (χ0) is 14.5. The van der Waals surface area contributed by atoms with Gasteiger partial charge in [-0.3, -0.25) is 10.2 Å². The van der Waals surface area contributed by atoms with Crippen molar-refractivity contribution in [3.63, 3.8) is 0 Å². The minimum Gasteiger partial charge on any atom is -0.455 e. The van der Waals surface area contributed by atoms with E-state index in [-0.39, 0.29) is 10.9 Å². The molecule has 2 rings (SSSR count). The number of carbonyl (C=O) groups excluding carboxylic acids is 1. The maximum Gasteiger partial charge on any atom is 0.184 e. The lowest BCUT2D eigenvalue weighted by atomic mass is 10.1. The molecule has 1 aromatic carbocycles. The van der Waals surface area contributed by atoms with E-state index in [2.05, 4.69) is 22.7 Å². The molecule has 102 valence electrons. The number of benzene rings is 1. The van der Waals surface area contributed by atoms with Gasteiger partial charge in [0.25, 0.3) is 0 Å². The number of furan rings is 1. The highest BCUT2D eigenvalue weighted by atomic mass is 32.1. The number of hydrazone groups is 1. The van der Waals surface area contributed by atoms with Crippen LogP contribution in [0.4, 0.5) is 0 Å². The Bertz CT molecular complexity index is 659. The number of hydrogen-bond acceptors (Lipinski definition) is 4. The van der Waals surface area contributed by atoms with Gasteiger partial charge in [-0.05, 0) is 31.3 Å². The zero-order valence-corrected chi connectivity index (χ0v) is 11.6. The molecule has 0 saturated heterocycles. The maximum atomic E-state index is 11.2. The normalized spacial score (nSPS) is 10.7. The molecule has 0 spiro atoms. The Balaban J connectivity index is 2.14. The van der Waals surface area contributed by atoms with Crippen molar-refractivity contribution in [1.29, 1.82) is 0 Å². The topological polar surface area (TPSA) is 80.6 Å². The summed E-state index contributed by atoms with van der Waals surface area (Å²) < 4.78 is 5.59. The number of thiocarbonyl (C=S) groups is 1. The molecular weight excluding hydrogens is 274 g/mol. The van der Waals surface area contributed by atoms with Crippen LogP contribution < -0.4 is 11.2 Å². The van der Waals surface area contributed by atoms with Crippen molar-refractivity contribution in [3.05, 3.63) is 47.7 Å². The van der Waals surface area contributed by atoms with Crippen LogP contribution in [-0.2, 0) is 0 Å². The number of Topliss-reactive ketones (excluding diaryl/α,β-unsaturated/α-hetero) is 1. The molecule has 0 aliphatic carbocycles. The molecule has 0 fully saturated rings. The van der Waals surface area contributed by atoms with E-state index in [1.54, 1.807) is 18.2 Å². The van der Waals surface area contributed by atoms with Crippen molar-refractivity contribution in [1.82, 2.24) is 5.43 Å². The predicted molar refractivity (Wildman–Crippen MR) is 81.7 cm³/mol. The monoisotopic (exact) mass is 287 g/mol. The number of nitrogens with one attached hydrogen (secondary N) is 1. The third-order valence-electron chi connectivity index (χ3n) is 2.57. The average molecular weight is 287 g/mol. The maximum absolute atomic E-state index is 11.2. The van der Waals surface area contributed by atoms with Crippen molar-refractivity contribution in [2.75, 3.05) is 0 Å². The fourth-order valence-corrected chi connectivity index (χ4v) is 1.66. The summed E-state index contributed by atoms with van der Waals surface area (Å²) in [5.41, 5.74) is 9.24. The molecule has 3 N–H and O–H groups in total. The van der Waals surface area contributed by atoms with Crippen molar-refractivity contribution in [2.24, 2.45) is 10.8 Å². The molecule has 0 amide bonds. The van der Waals surface area contributed by atoms with Gasteiger partial charge in [0.05, 0.1) is 6.21 Å². The van der Waals surface area contributed by atoms with Crippen LogP contribution in [0.1, 0.15) is 23.0 Å². The molecule has 0 aliphatic heterocycles. The molecule has 0 saturated carbocycles. The molecule has 20 heavy (non-hydrogen) atoms. The van der Waals surface area contributed by atoms with Crippen LogP contribution in [0.15, 0.2) is 45.9 Å². The highest BCUT2D eigenvalue weighted by Crippen LogP contribution is 2.22. The SMILES string of the molecule is CC(=O)c1ccc(-c2ccc(C=NNC(N)=S)o2)cc1. The van der Waals surface area contributed by atoms with Crippen LogP contribution in [0.5, 0.6) is 0 Å². The second-order valence-electron chi connectivity index (χ2n) is 4.07. The molecule has 0 radical (unpaired) electrons. The molecule has 0 aliphatic rings. The average Bonchev–Trinajstić information content (AvgIpc) is 2.87. The lowest BCUT2D eigenvalue weighted by molar-refractivity contribution is 0.101. The van der Waals surface area contributed by atoms with E-state index in [1.165, 1.54) is 13.1 Å². The number of nitrogens with zero attached hydrogens (tertiary/aromatic N) is 1. The summed E-state index contributed by atoms with van der Waals surface area (Å²) in [5.74, 6) is 1.30. The van der Waals surface area contributed by atoms with Gasteiger partial charge in [-0.15, -0.1) is 0 Å². The summed E-state index contributed by atoms with van der Waals surface area (Å²) in [4.78, 5) is 11.2. The summed E-state index contributed by atoms with van der Waals surface area (Å²) in [7, 11) is 0. The first-order valence-corrected chi connectivity index (χ1v) is 6.27. The van der Waals surface area contributed by atoms with E-state index in [4.69, 9.17) is 10.2 Å². The Morgan fingerprint density at radius 2 is 2.00 bits per heavy atom. The molecule has 0 bridgehead atoms. The summed E-state index contributed by atoms with van der Waals surface area (Å²) in [6.45, 7) is 1.53. The summed E-state index contributed by atoms with van der Waals surface area (Å²) >= 11 is 4.62. The van der Waals surface area contributed by atoms with E-state index in [1.807, 2.05) is 18.2 Å². The number of rotatable bonds is 4. The fourth-order valence-electron chi connectivity index (χ4n) is 1.61. The van der Waals surface area contributed by atoms with Crippen molar-refractivity contribution < 1.29 is 9.21 Å². The van der Waals surface area contributed by atoms with Gasteiger partial charge in [-0.1, -0.05) is 24.3 Å². The summed E-state index contributed by atoms with van der Waals surface area (Å²) in [5, 5.41) is 3.90. The number of hydrogen-bond donors (Lipinski definition) is 2. The molecular formula is C14H13N3O2S. The van der Waals surface area contributed by atoms with Crippen LogP contribution in [0.3, 0.4) is 0 Å². The third-order valence-corrected chi connectivity index (χ3v) is 2.66. The highest BCUT2D eigenvalue weighted by molar-refractivity contribution is 7.80. The van der Waals surface area contributed by atoms with E-state index >= 15 is 0 Å². The molecule has 0 atom stereocenters. The van der Waals surface area contributed by atoms with E-state index in [0.29, 0.717) is 17.1 Å². The molecule has 2 aromatic rings. The van der Waals surface area contributed by atoms with Gasteiger partial charge in [0, 0.05) is 11.1 Å². The van der Waals surface area contributed by atoms with Crippen LogP contribution in [-0.4, -0.2) is 17.1 Å². The molecule has 6 heteroatoms. The number of nitrogens with two attached hydrogens (primary N) is 1. The van der Waals surface area contributed by atoms with Gasteiger partial charge in [-0.25, -0.2) is 0 Å². The van der Waals surface area contributed by atoms with Gasteiger partial charge in [-0.2, -0.15) is 5.10 Å². The lowest BCUT2D eigenvalue weighted by Gasteiger charge is -1.98. The van der Waals surface area contributed by atoms with Crippen molar-refractivity contribution >= 4 is 29.3 Å². The van der Waals surface area contributed by atoms with Crippen molar-refractivity contribution in [3.8, 4) is 11.3 Å². The Morgan fingerprint density at radius 1 is 1.30 bits per heavy atom. The Labute approximate surface area is 121 Å². The predicted octanol–water partition coefficient (Wildman–Crippen LogP) is 2.32. The Kier molecular flexibility index (Phi) is 4.27.